The Morgan fingerprint density at radius 2 is 1.72 bits per heavy atom. The maximum atomic E-state index is 13.0. The van der Waals surface area contributed by atoms with Gasteiger partial charge >= 0.3 is 0 Å². The van der Waals surface area contributed by atoms with E-state index >= 15 is 0 Å². The van der Waals surface area contributed by atoms with Crippen molar-refractivity contribution in [3.05, 3.63) is 59.9 Å². The third-order valence-electron chi connectivity index (χ3n) is 4.55. The number of aryl methyl sites for hydroxylation is 1. The Hall–Kier alpha value is -2.60. The highest BCUT2D eigenvalue weighted by Crippen LogP contribution is 2.18. The van der Waals surface area contributed by atoms with Crippen LogP contribution in [0.2, 0.25) is 0 Å². The SMILES string of the molecule is Cn1cccc1C(=O)NNC(C(=O)N1CCCCC1)c1ccccc1. The molecule has 2 heterocycles. The molecule has 1 aromatic carbocycles. The predicted molar refractivity (Wildman–Crippen MR) is 95.6 cm³/mol. The number of amides is 2. The monoisotopic (exact) mass is 340 g/mol. The highest BCUT2D eigenvalue weighted by molar-refractivity contribution is 5.93. The van der Waals surface area contributed by atoms with E-state index in [1.165, 1.54) is 0 Å². The quantitative estimate of drug-likeness (QED) is 0.819. The van der Waals surface area contributed by atoms with Crippen molar-refractivity contribution in [2.45, 2.75) is 25.3 Å². The van der Waals surface area contributed by atoms with Gasteiger partial charge in [-0.25, -0.2) is 5.43 Å². The van der Waals surface area contributed by atoms with Gasteiger partial charge in [0.25, 0.3) is 5.91 Å². The largest absolute Gasteiger partial charge is 0.347 e. The highest BCUT2D eigenvalue weighted by atomic mass is 16.2. The molecular weight excluding hydrogens is 316 g/mol. The van der Waals surface area contributed by atoms with Crippen molar-refractivity contribution in [1.82, 2.24) is 20.3 Å². The van der Waals surface area contributed by atoms with E-state index in [1.807, 2.05) is 54.5 Å². The highest BCUT2D eigenvalue weighted by Gasteiger charge is 2.27. The number of benzene rings is 1. The number of nitrogens with one attached hydrogen (secondary N) is 2. The lowest BCUT2D eigenvalue weighted by Crippen LogP contribution is -2.49. The molecule has 2 N–H and O–H groups in total. The van der Waals surface area contributed by atoms with Crippen LogP contribution in [0.4, 0.5) is 0 Å². The van der Waals surface area contributed by atoms with Gasteiger partial charge < -0.3 is 9.47 Å². The van der Waals surface area contributed by atoms with Crippen LogP contribution in [0.3, 0.4) is 0 Å². The van der Waals surface area contributed by atoms with Gasteiger partial charge in [0.05, 0.1) is 0 Å². The summed E-state index contributed by atoms with van der Waals surface area (Å²) >= 11 is 0. The van der Waals surface area contributed by atoms with Crippen LogP contribution in [0.1, 0.15) is 41.4 Å². The third kappa shape index (κ3) is 4.09. The van der Waals surface area contributed by atoms with E-state index < -0.39 is 6.04 Å². The maximum Gasteiger partial charge on any atom is 0.282 e. The van der Waals surface area contributed by atoms with Crippen molar-refractivity contribution in [3.63, 3.8) is 0 Å². The van der Waals surface area contributed by atoms with Gasteiger partial charge in [-0.3, -0.25) is 15.0 Å². The second kappa shape index (κ2) is 7.98. The lowest BCUT2D eigenvalue weighted by atomic mass is 10.0. The molecule has 25 heavy (non-hydrogen) atoms. The molecule has 132 valence electrons. The average molecular weight is 340 g/mol. The smallest absolute Gasteiger partial charge is 0.282 e. The first-order valence-electron chi connectivity index (χ1n) is 8.68. The minimum absolute atomic E-state index is 0.00178. The molecule has 2 amide bonds. The van der Waals surface area contributed by atoms with E-state index in [0.29, 0.717) is 5.69 Å². The van der Waals surface area contributed by atoms with Crippen LogP contribution >= 0.6 is 0 Å². The van der Waals surface area contributed by atoms with Gasteiger partial charge in [0.15, 0.2) is 0 Å². The molecular formula is C19H24N4O2. The summed E-state index contributed by atoms with van der Waals surface area (Å²) in [7, 11) is 1.81. The lowest BCUT2D eigenvalue weighted by molar-refractivity contribution is -0.134. The summed E-state index contributed by atoms with van der Waals surface area (Å²) < 4.78 is 1.74. The maximum absolute atomic E-state index is 13.0. The van der Waals surface area contributed by atoms with Crippen LogP contribution in [-0.2, 0) is 11.8 Å². The summed E-state index contributed by atoms with van der Waals surface area (Å²) in [4.78, 5) is 27.2. The number of hydrogen-bond donors (Lipinski definition) is 2. The van der Waals surface area contributed by atoms with E-state index in [1.54, 1.807) is 10.6 Å². The molecule has 1 atom stereocenters. The molecule has 1 aliphatic rings. The number of nitrogens with zero attached hydrogens (tertiary/aromatic N) is 2. The fourth-order valence-electron chi connectivity index (χ4n) is 3.13. The first kappa shape index (κ1) is 17.2. The number of aromatic nitrogens is 1. The Labute approximate surface area is 147 Å². The molecule has 0 bridgehead atoms. The van der Waals surface area contributed by atoms with E-state index in [-0.39, 0.29) is 11.8 Å². The molecule has 1 unspecified atom stereocenters. The van der Waals surface area contributed by atoms with Gasteiger partial charge in [-0.15, -0.1) is 0 Å². The lowest BCUT2D eigenvalue weighted by Gasteiger charge is -2.31. The molecule has 0 saturated carbocycles. The zero-order valence-corrected chi connectivity index (χ0v) is 14.4. The minimum Gasteiger partial charge on any atom is -0.347 e. The van der Waals surface area contributed by atoms with Crippen LogP contribution < -0.4 is 10.9 Å². The summed E-state index contributed by atoms with van der Waals surface area (Å²) in [5, 5.41) is 0. The molecule has 3 rings (SSSR count). The zero-order chi connectivity index (χ0) is 17.6. The van der Waals surface area contributed by atoms with Crippen molar-refractivity contribution in [2.75, 3.05) is 13.1 Å². The Morgan fingerprint density at radius 3 is 2.36 bits per heavy atom. The second-order valence-electron chi connectivity index (χ2n) is 6.33. The number of carbonyl (C=O) groups is 2. The van der Waals surface area contributed by atoms with E-state index in [2.05, 4.69) is 10.9 Å². The summed E-state index contributed by atoms with van der Waals surface area (Å²) in [5.41, 5.74) is 7.00. The van der Waals surface area contributed by atoms with Gasteiger partial charge in [-0.1, -0.05) is 30.3 Å². The van der Waals surface area contributed by atoms with E-state index in [9.17, 15) is 9.59 Å². The molecule has 1 aromatic heterocycles. The van der Waals surface area contributed by atoms with Gasteiger partial charge in [-0.05, 0) is 37.0 Å². The Morgan fingerprint density at radius 1 is 1.00 bits per heavy atom. The summed E-state index contributed by atoms with van der Waals surface area (Å²) in [6, 6.07) is 12.4. The van der Waals surface area contributed by atoms with Gasteiger partial charge in [0, 0.05) is 26.3 Å². The average Bonchev–Trinajstić information content (AvgIpc) is 3.09. The number of piperidine rings is 1. The standard InChI is InChI=1S/C19H24N4O2/c1-22-12-8-11-16(22)18(24)21-20-17(15-9-4-2-5-10-15)19(25)23-13-6-3-7-14-23/h2,4-5,8-12,17,20H,3,6-7,13-14H2,1H3,(H,21,24). The Balaban J connectivity index is 1.73. The molecule has 1 saturated heterocycles. The van der Waals surface area contributed by atoms with E-state index in [0.717, 1.165) is 37.9 Å². The first-order chi connectivity index (χ1) is 12.2. The second-order valence-corrected chi connectivity index (χ2v) is 6.33. The van der Waals surface area contributed by atoms with Crippen molar-refractivity contribution < 1.29 is 9.59 Å². The molecule has 0 aliphatic carbocycles. The van der Waals surface area contributed by atoms with E-state index in [4.69, 9.17) is 0 Å². The van der Waals surface area contributed by atoms with Crippen LogP contribution in [0.25, 0.3) is 0 Å². The van der Waals surface area contributed by atoms with Crippen molar-refractivity contribution in [2.24, 2.45) is 7.05 Å². The first-order valence-corrected chi connectivity index (χ1v) is 8.68. The van der Waals surface area contributed by atoms with Gasteiger partial charge in [0.2, 0.25) is 5.91 Å². The van der Waals surface area contributed by atoms with Gasteiger partial charge in [0.1, 0.15) is 11.7 Å². The summed E-state index contributed by atoms with van der Waals surface area (Å²) in [5.74, 6) is -0.266. The van der Waals surface area contributed by atoms with Gasteiger partial charge in [-0.2, -0.15) is 0 Å². The number of likely N-dealkylation sites (tertiary alicyclic amines) is 1. The molecule has 6 nitrogen and oxygen atoms in total. The Kier molecular flexibility index (Phi) is 5.50. The van der Waals surface area contributed by atoms with Crippen LogP contribution in [0, 0.1) is 0 Å². The number of rotatable bonds is 5. The summed E-state index contributed by atoms with van der Waals surface area (Å²) in [6.45, 7) is 1.55. The topological polar surface area (TPSA) is 66.4 Å². The van der Waals surface area contributed by atoms with Crippen molar-refractivity contribution in [1.29, 1.82) is 0 Å². The van der Waals surface area contributed by atoms with Crippen molar-refractivity contribution >= 4 is 11.8 Å². The molecule has 1 fully saturated rings. The predicted octanol–water partition coefficient (Wildman–Crippen LogP) is 2.01. The molecule has 6 heteroatoms. The number of carbonyl (C=O) groups excluding carboxylic acids is 2. The van der Waals surface area contributed by atoms with Crippen LogP contribution in [0.15, 0.2) is 48.7 Å². The molecule has 0 spiro atoms. The number of hydrazine groups is 1. The molecule has 2 aromatic rings. The zero-order valence-electron chi connectivity index (χ0n) is 14.4. The van der Waals surface area contributed by atoms with Crippen molar-refractivity contribution in [3.8, 4) is 0 Å². The third-order valence-corrected chi connectivity index (χ3v) is 4.55. The normalized spacial score (nSPS) is 15.6. The Bertz CT molecular complexity index is 720. The fraction of sp³-hybridized carbons (Fsp3) is 0.368. The number of hydrogen-bond acceptors (Lipinski definition) is 3. The minimum atomic E-state index is -0.594. The molecule has 0 radical (unpaired) electrons. The van der Waals surface area contributed by atoms with Crippen LogP contribution in [-0.4, -0.2) is 34.4 Å². The van der Waals surface area contributed by atoms with Crippen LogP contribution in [0.5, 0.6) is 0 Å². The summed E-state index contributed by atoms with van der Waals surface area (Å²) in [6.07, 6.45) is 5.03. The molecule has 1 aliphatic heterocycles. The fourth-order valence-corrected chi connectivity index (χ4v) is 3.13.